The van der Waals surface area contributed by atoms with E-state index in [4.69, 9.17) is 9.26 Å². The summed E-state index contributed by atoms with van der Waals surface area (Å²) in [4.78, 5) is 27.8. The van der Waals surface area contributed by atoms with Crippen LogP contribution in [0.15, 0.2) is 34.9 Å². The molecule has 4 rings (SSSR count). The second-order valence-corrected chi connectivity index (χ2v) is 9.08. The van der Waals surface area contributed by atoms with E-state index in [-0.39, 0.29) is 24.9 Å². The van der Waals surface area contributed by atoms with Gasteiger partial charge in [-0.25, -0.2) is 4.79 Å². The average molecular weight is 480 g/mol. The van der Waals surface area contributed by atoms with Crippen LogP contribution in [-0.4, -0.2) is 35.6 Å². The SMILES string of the molecule is COc1cccc(CCC(=O)Nc2sc3c(c2C#N)CCN(C(=O)NCc2cc(C)on2)C3)c1. The Hall–Kier alpha value is -3.84. The van der Waals surface area contributed by atoms with Gasteiger partial charge in [0, 0.05) is 23.9 Å². The maximum absolute atomic E-state index is 12.6. The quantitative estimate of drug-likeness (QED) is 0.532. The standard InChI is InChI=1S/C24H25N5O4S/c1-15-10-17(28-33-15)13-26-24(31)29-9-8-19-20(12-25)23(34-21(19)14-29)27-22(30)7-6-16-4-3-5-18(11-16)32-2/h3-5,10-11H,6-9,13-14H2,1-2H3,(H,26,31)(H,27,30). The van der Waals surface area contributed by atoms with Gasteiger partial charge < -0.3 is 24.8 Å². The van der Waals surface area contributed by atoms with E-state index in [2.05, 4.69) is 21.9 Å². The zero-order valence-electron chi connectivity index (χ0n) is 19.0. The lowest BCUT2D eigenvalue weighted by molar-refractivity contribution is -0.116. The summed E-state index contributed by atoms with van der Waals surface area (Å²) in [5, 5.41) is 19.9. The fourth-order valence-corrected chi connectivity index (χ4v) is 5.07. The number of ether oxygens (including phenoxy) is 1. The predicted octanol–water partition coefficient (Wildman–Crippen LogP) is 3.76. The van der Waals surface area contributed by atoms with Gasteiger partial charge in [0.2, 0.25) is 5.91 Å². The molecule has 1 aliphatic rings. The molecule has 0 fully saturated rings. The first-order valence-electron chi connectivity index (χ1n) is 10.9. The van der Waals surface area contributed by atoms with E-state index in [1.165, 1.54) is 11.3 Å². The second kappa shape index (κ2) is 10.4. The Labute approximate surface area is 201 Å². The second-order valence-electron chi connectivity index (χ2n) is 7.98. The van der Waals surface area contributed by atoms with Gasteiger partial charge in [-0.1, -0.05) is 17.3 Å². The van der Waals surface area contributed by atoms with Crippen molar-refractivity contribution in [1.82, 2.24) is 15.4 Å². The van der Waals surface area contributed by atoms with Crippen LogP contribution >= 0.6 is 11.3 Å². The fourth-order valence-electron chi connectivity index (χ4n) is 3.84. The van der Waals surface area contributed by atoms with Gasteiger partial charge in [-0.05, 0) is 43.0 Å². The molecule has 176 valence electrons. The number of nitriles is 1. The number of aryl methyl sites for hydroxylation is 2. The summed E-state index contributed by atoms with van der Waals surface area (Å²) in [6.07, 6.45) is 1.41. The summed E-state index contributed by atoms with van der Waals surface area (Å²) in [5.74, 6) is 1.28. The summed E-state index contributed by atoms with van der Waals surface area (Å²) in [6.45, 7) is 2.95. The molecule has 10 heteroatoms. The molecule has 0 bridgehead atoms. The molecule has 0 spiro atoms. The molecule has 0 saturated heterocycles. The Kier molecular flexibility index (Phi) is 7.13. The summed E-state index contributed by atoms with van der Waals surface area (Å²) in [7, 11) is 1.61. The number of anilines is 1. The molecule has 0 radical (unpaired) electrons. The van der Waals surface area contributed by atoms with Crippen LogP contribution in [0.25, 0.3) is 0 Å². The lowest BCUT2D eigenvalue weighted by Gasteiger charge is -2.27. The first-order chi connectivity index (χ1) is 16.5. The maximum atomic E-state index is 12.6. The molecule has 9 nitrogen and oxygen atoms in total. The summed E-state index contributed by atoms with van der Waals surface area (Å²) in [6, 6.07) is 11.4. The largest absolute Gasteiger partial charge is 0.497 e. The zero-order valence-corrected chi connectivity index (χ0v) is 19.8. The first-order valence-corrected chi connectivity index (χ1v) is 11.7. The van der Waals surface area contributed by atoms with Crippen LogP contribution < -0.4 is 15.4 Å². The molecule has 2 N–H and O–H groups in total. The van der Waals surface area contributed by atoms with Crippen molar-refractivity contribution in [1.29, 1.82) is 5.26 Å². The summed E-state index contributed by atoms with van der Waals surface area (Å²) in [5.41, 5.74) is 3.06. The highest BCUT2D eigenvalue weighted by Gasteiger charge is 2.27. The van der Waals surface area contributed by atoms with E-state index in [0.29, 0.717) is 47.9 Å². The molecule has 1 aliphatic heterocycles. The number of nitrogens with zero attached hydrogens (tertiary/aromatic N) is 3. The van der Waals surface area contributed by atoms with Gasteiger partial charge in [0.15, 0.2) is 0 Å². The minimum Gasteiger partial charge on any atom is -0.497 e. The number of urea groups is 1. The van der Waals surface area contributed by atoms with E-state index in [9.17, 15) is 14.9 Å². The highest BCUT2D eigenvalue weighted by Crippen LogP contribution is 2.36. The van der Waals surface area contributed by atoms with Crippen molar-refractivity contribution in [2.45, 2.75) is 39.3 Å². The van der Waals surface area contributed by atoms with E-state index in [1.54, 1.807) is 25.0 Å². The number of aromatic nitrogens is 1. The van der Waals surface area contributed by atoms with Crippen LogP contribution in [0.2, 0.25) is 0 Å². The smallest absolute Gasteiger partial charge is 0.318 e. The van der Waals surface area contributed by atoms with Crippen LogP contribution in [0.4, 0.5) is 9.80 Å². The van der Waals surface area contributed by atoms with Gasteiger partial charge >= 0.3 is 6.03 Å². The normalized spacial score (nSPS) is 12.6. The van der Waals surface area contributed by atoms with E-state index in [1.807, 2.05) is 24.3 Å². The molecule has 3 heterocycles. The van der Waals surface area contributed by atoms with E-state index < -0.39 is 0 Å². The number of nitrogens with one attached hydrogen (secondary N) is 2. The summed E-state index contributed by atoms with van der Waals surface area (Å²) >= 11 is 1.36. The van der Waals surface area contributed by atoms with Crippen molar-refractivity contribution in [3.63, 3.8) is 0 Å². The van der Waals surface area contributed by atoms with Crippen LogP contribution in [-0.2, 0) is 30.7 Å². The molecule has 2 aromatic heterocycles. The Morgan fingerprint density at radius 2 is 2.21 bits per heavy atom. The number of amides is 3. The number of carbonyl (C=O) groups is 2. The van der Waals surface area contributed by atoms with Crippen LogP contribution in [0.3, 0.4) is 0 Å². The lowest BCUT2D eigenvalue weighted by atomic mass is 10.0. The average Bonchev–Trinajstić information content (AvgIpc) is 3.42. The zero-order chi connectivity index (χ0) is 24.1. The van der Waals surface area contributed by atoms with Gasteiger partial charge in [-0.3, -0.25) is 4.79 Å². The fraction of sp³-hybridized carbons (Fsp3) is 0.333. The molecule has 0 unspecified atom stereocenters. The monoisotopic (exact) mass is 479 g/mol. The van der Waals surface area contributed by atoms with Gasteiger partial charge in [0.25, 0.3) is 0 Å². The highest BCUT2D eigenvalue weighted by atomic mass is 32.1. The predicted molar refractivity (Wildman–Crippen MR) is 127 cm³/mol. The third kappa shape index (κ3) is 5.38. The minimum absolute atomic E-state index is 0.157. The van der Waals surface area contributed by atoms with Crippen LogP contribution in [0.5, 0.6) is 5.75 Å². The Bertz CT molecular complexity index is 1240. The number of fused-ring (bicyclic) bond motifs is 1. The van der Waals surface area contributed by atoms with Crippen molar-refractivity contribution in [3.05, 3.63) is 63.4 Å². The van der Waals surface area contributed by atoms with Crippen LogP contribution in [0.1, 0.15) is 39.4 Å². The highest BCUT2D eigenvalue weighted by molar-refractivity contribution is 7.16. The van der Waals surface area contributed by atoms with E-state index in [0.717, 1.165) is 21.8 Å². The molecule has 1 aromatic carbocycles. The van der Waals surface area contributed by atoms with Crippen molar-refractivity contribution in [2.24, 2.45) is 0 Å². The van der Waals surface area contributed by atoms with Crippen molar-refractivity contribution >= 4 is 28.3 Å². The number of carbonyl (C=O) groups excluding carboxylic acids is 2. The Morgan fingerprint density at radius 1 is 1.35 bits per heavy atom. The summed E-state index contributed by atoms with van der Waals surface area (Å²) < 4.78 is 10.2. The van der Waals surface area contributed by atoms with E-state index >= 15 is 0 Å². The molecule has 0 saturated carbocycles. The lowest BCUT2D eigenvalue weighted by Crippen LogP contribution is -2.42. The van der Waals surface area contributed by atoms with Gasteiger partial charge in [-0.2, -0.15) is 5.26 Å². The molecule has 34 heavy (non-hydrogen) atoms. The number of methoxy groups -OCH3 is 1. The van der Waals surface area contributed by atoms with Gasteiger partial charge in [0.05, 0.1) is 25.8 Å². The number of thiophene rings is 1. The topological polar surface area (TPSA) is 120 Å². The number of rotatable bonds is 7. The number of hydrogen-bond acceptors (Lipinski definition) is 7. The molecule has 3 aromatic rings. The van der Waals surface area contributed by atoms with Crippen molar-refractivity contribution in [2.75, 3.05) is 19.0 Å². The van der Waals surface area contributed by atoms with Gasteiger partial charge in [-0.15, -0.1) is 11.3 Å². The Morgan fingerprint density at radius 3 is 2.94 bits per heavy atom. The van der Waals surface area contributed by atoms with Crippen LogP contribution in [0, 0.1) is 18.3 Å². The van der Waals surface area contributed by atoms with Crippen molar-refractivity contribution in [3.8, 4) is 11.8 Å². The molecule has 3 amide bonds. The number of hydrogen-bond donors (Lipinski definition) is 2. The molecule has 0 atom stereocenters. The minimum atomic E-state index is -0.206. The number of benzene rings is 1. The van der Waals surface area contributed by atoms with Gasteiger partial charge in [0.1, 0.15) is 28.3 Å². The maximum Gasteiger partial charge on any atom is 0.318 e. The molecular formula is C24H25N5O4S. The molecule has 0 aliphatic carbocycles. The Balaban J connectivity index is 1.36. The third-order valence-corrected chi connectivity index (χ3v) is 6.71. The first kappa shape index (κ1) is 23.3. The third-order valence-electron chi connectivity index (χ3n) is 5.58. The molecular weight excluding hydrogens is 454 g/mol. The van der Waals surface area contributed by atoms with Crippen molar-refractivity contribution < 1.29 is 18.8 Å².